The van der Waals surface area contributed by atoms with Gasteiger partial charge in [0, 0.05) is 11.6 Å². The van der Waals surface area contributed by atoms with Gasteiger partial charge in [-0.25, -0.2) is 4.79 Å². The molecule has 0 fully saturated rings. The Bertz CT molecular complexity index is 315. The number of halogens is 1. The van der Waals surface area contributed by atoms with Gasteiger partial charge in [0.15, 0.2) is 0 Å². The molecule has 0 spiro atoms. The van der Waals surface area contributed by atoms with Crippen molar-refractivity contribution in [2.24, 2.45) is 0 Å². The van der Waals surface area contributed by atoms with E-state index >= 15 is 0 Å². The fourth-order valence-electron chi connectivity index (χ4n) is 0.831. The van der Waals surface area contributed by atoms with E-state index < -0.39 is 12.5 Å². The van der Waals surface area contributed by atoms with Crippen LogP contribution in [0.3, 0.4) is 0 Å². The van der Waals surface area contributed by atoms with Gasteiger partial charge < -0.3 is 14.8 Å². The number of carbonyl (C=O) groups excluding carboxylic acids is 1. The molecule has 0 atom stereocenters. The lowest BCUT2D eigenvalue weighted by atomic mass is 9.80. The van der Waals surface area contributed by atoms with Crippen LogP contribution in [0, 0.1) is 0 Å². The second-order valence-electron chi connectivity index (χ2n) is 2.29. The van der Waals surface area contributed by atoms with Crippen molar-refractivity contribution in [3.05, 3.63) is 24.3 Å². The van der Waals surface area contributed by atoms with Crippen molar-refractivity contribution in [3.63, 3.8) is 0 Å². The summed E-state index contributed by atoms with van der Waals surface area (Å²) in [6, 6.07) is 5.79. The van der Waals surface area contributed by atoms with Gasteiger partial charge in [0.2, 0.25) is 0 Å². The molecule has 6 heteroatoms. The molecule has 0 aromatic heterocycles. The van der Waals surface area contributed by atoms with Crippen molar-refractivity contribution in [2.75, 3.05) is 0 Å². The van der Waals surface area contributed by atoms with Gasteiger partial charge in [-0.3, -0.25) is 0 Å². The molecule has 1 aromatic carbocycles. The van der Waals surface area contributed by atoms with Crippen molar-refractivity contribution in [1.82, 2.24) is 0 Å². The van der Waals surface area contributed by atoms with E-state index in [1.165, 1.54) is 24.3 Å². The van der Waals surface area contributed by atoms with Gasteiger partial charge in [-0.2, -0.15) is 0 Å². The largest absolute Gasteiger partial charge is 0.488 e. The first kappa shape index (κ1) is 10.0. The summed E-state index contributed by atoms with van der Waals surface area (Å²) in [7, 11) is -1.59. The molecule has 0 unspecified atom stereocenters. The maximum absolute atomic E-state index is 10.3. The van der Waals surface area contributed by atoms with Crippen LogP contribution >= 0.6 is 11.6 Å². The monoisotopic (exact) mass is 200 g/mol. The summed E-state index contributed by atoms with van der Waals surface area (Å²) in [6.07, 6.45) is 0. The molecule has 2 N–H and O–H groups in total. The standard InChI is InChI=1S/C7H6BClO4/c9-7(10)13-6-3-1-2-5(4-6)8(11)12/h1-4,11-12H. The fraction of sp³-hybridized carbons (Fsp3) is 0. The van der Waals surface area contributed by atoms with Crippen molar-refractivity contribution >= 4 is 29.6 Å². The van der Waals surface area contributed by atoms with E-state index in [-0.39, 0.29) is 11.2 Å². The van der Waals surface area contributed by atoms with E-state index in [0.29, 0.717) is 0 Å². The molecule has 68 valence electrons. The lowest BCUT2D eigenvalue weighted by Crippen LogP contribution is -2.29. The van der Waals surface area contributed by atoms with Crippen LogP contribution in [0.1, 0.15) is 0 Å². The third kappa shape index (κ3) is 3.06. The molecule has 0 radical (unpaired) electrons. The second-order valence-corrected chi connectivity index (χ2v) is 2.59. The smallest absolute Gasteiger partial charge is 0.423 e. The van der Waals surface area contributed by atoms with E-state index in [2.05, 4.69) is 4.74 Å². The van der Waals surface area contributed by atoms with Gasteiger partial charge >= 0.3 is 12.5 Å². The molecule has 13 heavy (non-hydrogen) atoms. The van der Waals surface area contributed by atoms with E-state index in [1.54, 1.807) is 0 Å². The van der Waals surface area contributed by atoms with E-state index in [0.717, 1.165) is 0 Å². The fourth-order valence-corrected chi connectivity index (χ4v) is 0.920. The average molecular weight is 200 g/mol. The van der Waals surface area contributed by atoms with Crippen LogP contribution in [0.2, 0.25) is 0 Å². The Morgan fingerprint density at radius 1 is 1.46 bits per heavy atom. The molecule has 0 saturated carbocycles. The number of hydrogen-bond acceptors (Lipinski definition) is 4. The summed E-state index contributed by atoms with van der Waals surface area (Å²) in [5.74, 6) is 0.172. The average Bonchev–Trinajstić information content (AvgIpc) is 2.03. The molecule has 0 amide bonds. The molecule has 0 saturated heterocycles. The molecule has 1 rings (SSSR count). The second kappa shape index (κ2) is 4.27. The van der Waals surface area contributed by atoms with Crippen LogP contribution in [0.5, 0.6) is 5.75 Å². The van der Waals surface area contributed by atoms with Gasteiger partial charge in [-0.05, 0) is 17.6 Å². The van der Waals surface area contributed by atoms with Crippen LogP contribution in [-0.2, 0) is 0 Å². The quantitative estimate of drug-likeness (QED) is 0.525. The lowest BCUT2D eigenvalue weighted by molar-refractivity contribution is 0.225. The van der Waals surface area contributed by atoms with Gasteiger partial charge in [0.25, 0.3) is 0 Å². The first-order chi connectivity index (χ1) is 6.09. The molecular weight excluding hydrogens is 194 g/mol. The zero-order chi connectivity index (χ0) is 9.84. The minimum Gasteiger partial charge on any atom is -0.423 e. The zero-order valence-corrected chi connectivity index (χ0v) is 7.23. The maximum Gasteiger partial charge on any atom is 0.488 e. The zero-order valence-electron chi connectivity index (χ0n) is 6.48. The molecule has 0 aliphatic carbocycles. The Kier molecular flexibility index (Phi) is 3.30. The summed E-state index contributed by atoms with van der Waals surface area (Å²) >= 11 is 4.96. The van der Waals surface area contributed by atoms with Crippen molar-refractivity contribution in [2.45, 2.75) is 0 Å². The number of ether oxygens (including phenoxy) is 1. The number of hydrogen-bond donors (Lipinski definition) is 2. The minimum atomic E-state index is -1.59. The van der Waals surface area contributed by atoms with Crippen molar-refractivity contribution in [1.29, 1.82) is 0 Å². The Morgan fingerprint density at radius 3 is 2.69 bits per heavy atom. The summed E-state index contributed by atoms with van der Waals surface area (Å²) in [6.45, 7) is 0. The summed E-state index contributed by atoms with van der Waals surface area (Å²) < 4.78 is 4.51. The third-order valence-electron chi connectivity index (χ3n) is 1.35. The highest BCUT2D eigenvalue weighted by molar-refractivity contribution is 6.61. The number of benzene rings is 1. The highest BCUT2D eigenvalue weighted by Crippen LogP contribution is 2.08. The van der Waals surface area contributed by atoms with Crippen molar-refractivity contribution in [3.8, 4) is 5.75 Å². The first-order valence-electron chi connectivity index (χ1n) is 3.43. The Balaban J connectivity index is 2.85. The Labute approximate surface area is 79.9 Å². The molecule has 0 aliphatic rings. The van der Waals surface area contributed by atoms with Crippen LogP contribution < -0.4 is 10.2 Å². The predicted molar refractivity (Wildman–Crippen MR) is 48.1 cm³/mol. The SMILES string of the molecule is O=C(Cl)Oc1cccc(B(O)O)c1. The highest BCUT2D eigenvalue weighted by atomic mass is 35.5. The lowest BCUT2D eigenvalue weighted by Gasteiger charge is -2.02. The minimum absolute atomic E-state index is 0.172. The molecule has 1 aromatic rings. The normalized spacial score (nSPS) is 9.46. The van der Waals surface area contributed by atoms with Crippen LogP contribution in [0.4, 0.5) is 4.79 Å². The van der Waals surface area contributed by atoms with Gasteiger partial charge in [-0.1, -0.05) is 12.1 Å². The van der Waals surface area contributed by atoms with E-state index in [1.807, 2.05) is 0 Å². The summed E-state index contributed by atoms with van der Waals surface area (Å²) in [5, 5.41) is 17.5. The summed E-state index contributed by atoms with van der Waals surface area (Å²) in [4.78, 5) is 10.3. The third-order valence-corrected chi connectivity index (χ3v) is 1.43. The Morgan fingerprint density at radius 2 is 2.15 bits per heavy atom. The molecule has 0 aliphatic heterocycles. The number of rotatable bonds is 2. The van der Waals surface area contributed by atoms with Gasteiger partial charge in [0.05, 0.1) is 0 Å². The first-order valence-corrected chi connectivity index (χ1v) is 3.81. The van der Waals surface area contributed by atoms with Crippen LogP contribution in [0.15, 0.2) is 24.3 Å². The highest BCUT2D eigenvalue weighted by Gasteiger charge is 2.11. The predicted octanol–water partition coefficient (Wildman–Crippen LogP) is 0.104. The van der Waals surface area contributed by atoms with E-state index in [4.69, 9.17) is 21.6 Å². The van der Waals surface area contributed by atoms with Crippen LogP contribution in [0.25, 0.3) is 0 Å². The van der Waals surface area contributed by atoms with Gasteiger partial charge in [0.1, 0.15) is 5.75 Å². The molecular formula is C7H6BClO4. The topological polar surface area (TPSA) is 66.8 Å². The molecule has 0 bridgehead atoms. The van der Waals surface area contributed by atoms with E-state index in [9.17, 15) is 4.79 Å². The molecule has 4 nitrogen and oxygen atoms in total. The van der Waals surface area contributed by atoms with Crippen molar-refractivity contribution < 1.29 is 19.6 Å². The molecule has 0 heterocycles. The summed E-state index contributed by atoms with van der Waals surface area (Å²) in [5.41, 5.74) is -0.736. The van der Waals surface area contributed by atoms with Gasteiger partial charge in [-0.15, -0.1) is 0 Å². The Hall–Kier alpha value is -1.04. The van der Waals surface area contributed by atoms with Crippen LogP contribution in [-0.4, -0.2) is 22.6 Å². The maximum atomic E-state index is 10.3. The number of carbonyl (C=O) groups is 1.